The molecule has 0 atom stereocenters. The third kappa shape index (κ3) is 6.85. The summed E-state index contributed by atoms with van der Waals surface area (Å²) in [5.74, 6) is 0.837. The van der Waals surface area contributed by atoms with Crippen molar-refractivity contribution in [1.29, 1.82) is 0 Å². The monoisotopic (exact) mass is 341 g/mol. The molecule has 2 rings (SSSR count). The predicted octanol–water partition coefficient (Wildman–Crippen LogP) is 3.53. The van der Waals surface area contributed by atoms with Crippen LogP contribution < -0.4 is 21.1 Å². The number of carbonyl (C=O) groups is 1. The quantitative estimate of drug-likeness (QED) is 0.611. The highest BCUT2D eigenvalue weighted by molar-refractivity contribution is 5.88. The largest absolute Gasteiger partial charge is 0.493 e. The summed E-state index contributed by atoms with van der Waals surface area (Å²) in [4.78, 5) is 11.1. The molecule has 0 spiro atoms. The summed E-state index contributed by atoms with van der Waals surface area (Å²) in [7, 11) is 0. The van der Waals surface area contributed by atoms with Crippen molar-refractivity contribution < 1.29 is 9.53 Å². The van der Waals surface area contributed by atoms with E-state index in [1.165, 1.54) is 5.56 Å². The van der Waals surface area contributed by atoms with Crippen LogP contribution in [0.25, 0.3) is 0 Å². The normalized spacial score (nSPS) is 10.7. The fourth-order valence-electron chi connectivity index (χ4n) is 2.54. The van der Waals surface area contributed by atoms with Gasteiger partial charge in [0, 0.05) is 23.7 Å². The van der Waals surface area contributed by atoms with E-state index in [4.69, 9.17) is 10.5 Å². The maximum absolute atomic E-state index is 11.1. The van der Waals surface area contributed by atoms with E-state index in [1.807, 2.05) is 30.3 Å². The standard InChI is InChI=1S/C20H27N3O2/c1-15(2)22-11-6-12-25-19-10-9-18(23-20(21)24)14-17(19)13-16-7-4-3-5-8-16/h3-5,7-10,14-15,22H,6,11-13H2,1-2H3,(H3,21,23,24). The number of benzene rings is 2. The van der Waals surface area contributed by atoms with Crippen LogP contribution in [0.1, 0.15) is 31.4 Å². The number of carbonyl (C=O) groups excluding carboxylic acids is 1. The van der Waals surface area contributed by atoms with Gasteiger partial charge in [0.15, 0.2) is 0 Å². The van der Waals surface area contributed by atoms with E-state index in [1.54, 1.807) is 6.07 Å². The summed E-state index contributed by atoms with van der Waals surface area (Å²) in [6, 6.07) is 15.7. The van der Waals surface area contributed by atoms with Crippen LogP contribution in [0.5, 0.6) is 5.75 Å². The first-order valence-corrected chi connectivity index (χ1v) is 8.64. The van der Waals surface area contributed by atoms with Crippen molar-refractivity contribution in [2.24, 2.45) is 5.73 Å². The number of ether oxygens (including phenoxy) is 1. The Morgan fingerprint density at radius 3 is 2.60 bits per heavy atom. The van der Waals surface area contributed by atoms with Crippen LogP contribution in [-0.4, -0.2) is 25.2 Å². The van der Waals surface area contributed by atoms with E-state index in [9.17, 15) is 4.79 Å². The molecule has 0 aliphatic rings. The molecule has 5 heteroatoms. The zero-order valence-electron chi connectivity index (χ0n) is 14.9. The summed E-state index contributed by atoms with van der Waals surface area (Å²) in [5, 5.41) is 6.00. The number of rotatable bonds is 9. The van der Waals surface area contributed by atoms with E-state index in [0.29, 0.717) is 18.3 Å². The number of nitrogens with one attached hydrogen (secondary N) is 2. The van der Waals surface area contributed by atoms with Crippen LogP contribution >= 0.6 is 0 Å². The molecule has 0 bridgehead atoms. The highest BCUT2D eigenvalue weighted by atomic mass is 16.5. The molecular weight excluding hydrogens is 314 g/mol. The van der Waals surface area contributed by atoms with Crippen LogP contribution in [0.4, 0.5) is 10.5 Å². The number of hydrogen-bond acceptors (Lipinski definition) is 3. The van der Waals surface area contributed by atoms with Gasteiger partial charge in [0.05, 0.1) is 6.61 Å². The Morgan fingerprint density at radius 1 is 1.16 bits per heavy atom. The van der Waals surface area contributed by atoms with E-state index in [2.05, 4.69) is 36.6 Å². The number of urea groups is 1. The van der Waals surface area contributed by atoms with E-state index in [-0.39, 0.29) is 0 Å². The molecule has 2 aromatic rings. The minimum absolute atomic E-state index is 0.479. The maximum Gasteiger partial charge on any atom is 0.316 e. The Bertz CT molecular complexity index is 672. The van der Waals surface area contributed by atoms with Gasteiger partial charge in [-0.25, -0.2) is 4.79 Å². The van der Waals surface area contributed by atoms with Crippen LogP contribution in [0, 0.1) is 0 Å². The Kier molecular flexibility index (Phi) is 7.29. The van der Waals surface area contributed by atoms with Gasteiger partial charge in [0.2, 0.25) is 0 Å². The Morgan fingerprint density at radius 2 is 1.92 bits per heavy atom. The minimum Gasteiger partial charge on any atom is -0.493 e. The van der Waals surface area contributed by atoms with Crippen molar-refractivity contribution >= 4 is 11.7 Å². The Hall–Kier alpha value is -2.53. The highest BCUT2D eigenvalue weighted by Gasteiger charge is 2.08. The number of nitrogens with two attached hydrogens (primary N) is 1. The molecule has 0 radical (unpaired) electrons. The van der Waals surface area contributed by atoms with Crippen LogP contribution in [0.3, 0.4) is 0 Å². The van der Waals surface area contributed by atoms with Gasteiger partial charge in [-0.15, -0.1) is 0 Å². The molecule has 0 aromatic heterocycles. The van der Waals surface area contributed by atoms with Gasteiger partial charge in [0.1, 0.15) is 5.75 Å². The molecular formula is C20H27N3O2. The topological polar surface area (TPSA) is 76.4 Å². The summed E-state index contributed by atoms with van der Waals surface area (Å²) in [6.45, 7) is 5.82. The molecule has 5 nitrogen and oxygen atoms in total. The highest BCUT2D eigenvalue weighted by Crippen LogP contribution is 2.25. The molecule has 0 saturated carbocycles. The van der Waals surface area contributed by atoms with E-state index < -0.39 is 6.03 Å². The second kappa shape index (κ2) is 9.69. The minimum atomic E-state index is -0.570. The van der Waals surface area contributed by atoms with Gasteiger partial charge in [-0.1, -0.05) is 44.2 Å². The summed E-state index contributed by atoms with van der Waals surface area (Å²) >= 11 is 0. The van der Waals surface area contributed by atoms with Gasteiger partial charge >= 0.3 is 6.03 Å². The molecule has 2 aromatic carbocycles. The molecule has 0 fully saturated rings. The zero-order valence-corrected chi connectivity index (χ0v) is 14.9. The van der Waals surface area contributed by atoms with E-state index >= 15 is 0 Å². The first kappa shape index (κ1) is 18.8. The smallest absolute Gasteiger partial charge is 0.316 e. The lowest BCUT2D eigenvalue weighted by Crippen LogP contribution is -2.24. The van der Waals surface area contributed by atoms with Crippen LogP contribution in [0.2, 0.25) is 0 Å². The Balaban J connectivity index is 2.06. The number of primary amides is 1. The molecule has 4 N–H and O–H groups in total. The third-order valence-electron chi connectivity index (χ3n) is 3.70. The van der Waals surface area contributed by atoms with Crippen LogP contribution in [0.15, 0.2) is 48.5 Å². The maximum atomic E-state index is 11.1. The molecule has 0 unspecified atom stereocenters. The second-order valence-corrected chi connectivity index (χ2v) is 6.28. The summed E-state index contributed by atoms with van der Waals surface area (Å²) in [6.07, 6.45) is 1.67. The van der Waals surface area contributed by atoms with Crippen molar-refractivity contribution in [3.8, 4) is 5.75 Å². The molecule has 134 valence electrons. The molecule has 2 amide bonds. The SMILES string of the molecule is CC(C)NCCCOc1ccc(NC(N)=O)cc1Cc1ccccc1. The lowest BCUT2D eigenvalue weighted by Gasteiger charge is -2.14. The first-order valence-electron chi connectivity index (χ1n) is 8.64. The summed E-state index contributed by atoms with van der Waals surface area (Å²) in [5.41, 5.74) is 8.10. The molecule has 0 saturated heterocycles. The number of amides is 2. The van der Waals surface area contributed by atoms with Crippen LogP contribution in [-0.2, 0) is 6.42 Å². The Labute approximate surface area is 149 Å². The van der Waals surface area contributed by atoms with Crippen molar-refractivity contribution in [1.82, 2.24) is 5.32 Å². The molecule has 0 heterocycles. The average molecular weight is 341 g/mol. The fraction of sp³-hybridized carbons (Fsp3) is 0.350. The molecule has 0 aliphatic carbocycles. The van der Waals surface area contributed by atoms with Crippen molar-refractivity contribution in [2.75, 3.05) is 18.5 Å². The molecule has 0 aliphatic heterocycles. The van der Waals surface area contributed by atoms with Crippen molar-refractivity contribution in [3.63, 3.8) is 0 Å². The average Bonchev–Trinajstić information content (AvgIpc) is 2.56. The third-order valence-corrected chi connectivity index (χ3v) is 3.70. The fourth-order valence-corrected chi connectivity index (χ4v) is 2.54. The first-order chi connectivity index (χ1) is 12.0. The van der Waals surface area contributed by atoms with Gasteiger partial charge in [-0.2, -0.15) is 0 Å². The number of hydrogen-bond donors (Lipinski definition) is 3. The lowest BCUT2D eigenvalue weighted by molar-refractivity contribution is 0.259. The van der Waals surface area contributed by atoms with E-state index in [0.717, 1.165) is 30.7 Å². The molecule has 25 heavy (non-hydrogen) atoms. The van der Waals surface area contributed by atoms with Crippen molar-refractivity contribution in [3.05, 3.63) is 59.7 Å². The van der Waals surface area contributed by atoms with Gasteiger partial charge in [-0.05, 0) is 36.7 Å². The van der Waals surface area contributed by atoms with Gasteiger partial charge in [-0.3, -0.25) is 0 Å². The summed E-state index contributed by atoms with van der Waals surface area (Å²) < 4.78 is 5.97. The van der Waals surface area contributed by atoms with Gasteiger partial charge < -0.3 is 21.1 Å². The second-order valence-electron chi connectivity index (χ2n) is 6.28. The number of anilines is 1. The lowest BCUT2D eigenvalue weighted by atomic mass is 10.0. The zero-order chi connectivity index (χ0) is 18.1. The predicted molar refractivity (Wildman–Crippen MR) is 102 cm³/mol. The van der Waals surface area contributed by atoms with Gasteiger partial charge in [0.25, 0.3) is 0 Å². The van der Waals surface area contributed by atoms with Crippen molar-refractivity contribution in [2.45, 2.75) is 32.7 Å².